The van der Waals surface area contributed by atoms with Crippen LogP contribution in [0.25, 0.3) is 0 Å². The summed E-state index contributed by atoms with van der Waals surface area (Å²) < 4.78 is 5.35. The zero-order valence-corrected chi connectivity index (χ0v) is 6.12. The molecule has 2 saturated heterocycles. The SMILES string of the molecule is C1COCC2SCC2N1. The molecule has 2 rings (SSSR count). The first-order valence-electron chi connectivity index (χ1n) is 3.39. The van der Waals surface area contributed by atoms with Crippen molar-refractivity contribution in [2.24, 2.45) is 0 Å². The Bertz CT molecular complexity index is 97.2. The summed E-state index contributed by atoms with van der Waals surface area (Å²) in [5, 5.41) is 4.19. The molecule has 2 aliphatic heterocycles. The van der Waals surface area contributed by atoms with Crippen LogP contribution in [0, 0.1) is 0 Å². The summed E-state index contributed by atoms with van der Waals surface area (Å²) in [5.74, 6) is 1.29. The number of ether oxygens (including phenoxy) is 1. The molecule has 0 aliphatic carbocycles. The second-order valence-corrected chi connectivity index (χ2v) is 3.78. The van der Waals surface area contributed by atoms with Crippen LogP contribution in [0.1, 0.15) is 0 Å². The quantitative estimate of drug-likeness (QED) is 0.522. The van der Waals surface area contributed by atoms with Gasteiger partial charge in [-0.25, -0.2) is 0 Å². The van der Waals surface area contributed by atoms with E-state index in [1.807, 2.05) is 11.8 Å². The van der Waals surface area contributed by atoms with E-state index >= 15 is 0 Å². The Balaban J connectivity index is 1.90. The topological polar surface area (TPSA) is 21.3 Å². The van der Waals surface area contributed by atoms with Crippen LogP contribution in [-0.4, -0.2) is 36.8 Å². The van der Waals surface area contributed by atoms with Gasteiger partial charge in [-0.1, -0.05) is 0 Å². The van der Waals surface area contributed by atoms with Crippen LogP contribution < -0.4 is 5.32 Å². The predicted octanol–water partition coefficient (Wildman–Crippen LogP) is 0.0902. The minimum Gasteiger partial charge on any atom is -0.379 e. The van der Waals surface area contributed by atoms with Crippen LogP contribution in [-0.2, 0) is 4.74 Å². The Kier molecular flexibility index (Phi) is 1.66. The Hall–Kier alpha value is 0.270. The fraction of sp³-hybridized carbons (Fsp3) is 1.00. The molecule has 1 N–H and O–H groups in total. The Labute approximate surface area is 59.3 Å². The van der Waals surface area contributed by atoms with Gasteiger partial charge in [-0.3, -0.25) is 0 Å². The van der Waals surface area contributed by atoms with E-state index in [1.165, 1.54) is 5.75 Å². The van der Waals surface area contributed by atoms with Gasteiger partial charge in [0, 0.05) is 23.6 Å². The molecule has 2 aliphatic rings. The molecule has 2 nitrogen and oxygen atoms in total. The summed E-state index contributed by atoms with van der Waals surface area (Å²) >= 11 is 2.02. The van der Waals surface area contributed by atoms with Crippen molar-refractivity contribution in [2.45, 2.75) is 11.3 Å². The van der Waals surface area contributed by atoms with Gasteiger partial charge in [0.05, 0.1) is 13.2 Å². The highest BCUT2D eigenvalue weighted by Gasteiger charge is 2.32. The lowest BCUT2D eigenvalue weighted by Crippen LogP contribution is -2.48. The summed E-state index contributed by atoms with van der Waals surface area (Å²) in [7, 11) is 0. The van der Waals surface area contributed by atoms with E-state index in [1.54, 1.807) is 0 Å². The van der Waals surface area contributed by atoms with E-state index in [0.29, 0.717) is 0 Å². The first kappa shape index (κ1) is 6.01. The van der Waals surface area contributed by atoms with Crippen molar-refractivity contribution in [3.8, 4) is 0 Å². The smallest absolute Gasteiger partial charge is 0.0601 e. The lowest BCUT2D eigenvalue weighted by molar-refractivity contribution is 0.152. The molecule has 2 unspecified atom stereocenters. The molecule has 0 saturated carbocycles. The molecule has 2 atom stereocenters. The normalized spacial score (nSPS) is 42.7. The molecule has 0 aromatic heterocycles. The summed E-state index contributed by atoms with van der Waals surface area (Å²) in [6.45, 7) is 2.90. The number of hydrogen-bond donors (Lipinski definition) is 1. The van der Waals surface area contributed by atoms with Gasteiger partial charge >= 0.3 is 0 Å². The minimum atomic E-state index is 0.757. The zero-order valence-electron chi connectivity index (χ0n) is 5.30. The molecular formula is C6H11NOS. The highest BCUT2D eigenvalue weighted by molar-refractivity contribution is 8.01. The summed E-state index contributed by atoms with van der Waals surface area (Å²) in [5.41, 5.74) is 0. The minimum absolute atomic E-state index is 0.757. The third kappa shape index (κ3) is 1.09. The Morgan fingerprint density at radius 1 is 1.56 bits per heavy atom. The first-order chi connectivity index (χ1) is 4.47. The van der Waals surface area contributed by atoms with Crippen molar-refractivity contribution >= 4 is 11.8 Å². The average Bonchev–Trinajstić information content (AvgIpc) is 1.94. The molecular weight excluding hydrogens is 134 g/mol. The van der Waals surface area contributed by atoms with Crippen LogP contribution in [0.15, 0.2) is 0 Å². The van der Waals surface area contributed by atoms with E-state index in [0.717, 1.165) is 31.1 Å². The van der Waals surface area contributed by atoms with Gasteiger partial charge in [-0.2, -0.15) is 11.8 Å². The highest BCUT2D eigenvalue weighted by atomic mass is 32.2. The van der Waals surface area contributed by atoms with Gasteiger partial charge in [0.25, 0.3) is 0 Å². The molecule has 2 fully saturated rings. The van der Waals surface area contributed by atoms with Crippen LogP contribution in [0.3, 0.4) is 0 Å². The summed E-state index contributed by atoms with van der Waals surface area (Å²) in [6.07, 6.45) is 0. The number of rotatable bonds is 0. The third-order valence-electron chi connectivity index (χ3n) is 1.87. The van der Waals surface area contributed by atoms with E-state index in [4.69, 9.17) is 4.74 Å². The molecule has 0 bridgehead atoms. The molecule has 0 radical (unpaired) electrons. The molecule has 52 valence electrons. The van der Waals surface area contributed by atoms with Crippen molar-refractivity contribution in [2.75, 3.05) is 25.5 Å². The Morgan fingerprint density at radius 2 is 2.56 bits per heavy atom. The molecule has 0 aromatic carbocycles. The van der Waals surface area contributed by atoms with Crippen LogP contribution >= 0.6 is 11.8 Å². The molecule has 0 spiro atoms. The van der Waals surface area contributed by atoms with Crippen molar-refractivity contribution in [1.82, 2.24) is 5.32 Å². The van der Waals surface area contributed by atoms with Crippen LogP contribution in [0.4, 0.5) is 0 Å². The van der Waals surface area contributed by atoms with Gasteiger partial charge < -0.3 is 10.1 Å². The van der Waals surface area contributed by atoms with Gasteiger partial charge in [0.15, 0.2) is 0 Å². The fourth-order valence-corrected chi connectivity index (χ4v) is 2.26. The second kappa shape index (κ2) is 2.48. The van der Waals surface area contributed by atoms with Crippen molar-refractivity contribution < 1.29 is 4.74 Å². The molecule has 9 heavy (non-hydrogen) atoms. The van der Waals surface area contributed by atoms with Gasteiger partial charge in [-0.15, -0.1) is 0 Å². The monoisotopic (exact) mass is 145 g/mol. The summed E-state index contributed by atoms with van der Waals surface area (Å²) in [4.78, 5) is 0. The third-order valence-corrected chi connectivity index (χ3v) is 3.32. The average molecular weight is 145 g/mol. The lowest BCUT2D eigenvalue weighted by atomic mass is 10.2. The van der Waals surface area contributed by atoms with E-state index < -0.39 is 0 Å². The largest absolute Gasteiger partial charge is 0.379 e. The Morgan fingerprint density at radius 3 is 3.33 bits per heavy atom. The summed E-state index contributed by atoms with van der Waals surface area (Å²) in [6, 6.07) is 0.762. The van der Waals surface area contributed by atoms with Gasteiger partial charge in [0.2, 0.25) is 0 Å². The molecule has 0 aromatic rings. The van der Waals surface area contributed by atoms with Crippen LogP contribution in [0.2, 0.25) is 0 Å². The van der Waals surface area contributed by atoms with Gasteiger partial charge in [-0.05, 0) is 0 Å². The highest BCUT2D eigenvalue weighted by Crippen LogP contribution is 2.29. The maximum atomic E-state index is 5.35. The number of thioether (sulfide) groups is 1. The fourth-order valence-electron chi connectivity index (χ4n) is 1.20. The zero-order chi connectivity index (χ0) is 6.10. The first-order valence-corrected chi connectivity index (χ1v) is 4.44. The van der Waals surface area contributed by atoms with Crippen molar-refractivity contribution in [1.29, 1.82) is 0 Å². The number of hydrogen-bond acceptors (Lipinski definition) is 3. The number of fused-ring (bicyclic) bond motifs is 1. The van der Waals surface area contributed by atoms with E-state index in [2.05, 4.69) is 5.32 Å². The molecule has 3 heteroatoms. The second-order valence-electron chi connectivity index (χ2n) is 2.51. The standard InChI is InChI=1S/C6H11NOS/c1-2-8-3-6-5(7-1)4-9-6/h5-7H,1-4H2. The van der Waals surface area contributed by atoms with E-state index in [9.17, 15) is 0 Å². The maximum absolute atomic E-state index is 5.35. The van der Waals surface area contributed by atoms with Crippen LogP contribution in [0.5, 0.6) is 0 Å². The number of nitrogens with one attached hydrogen (secondary N) is 1. The molecule has 2 heterocycles. The molecule has 0 amide bonds. The van der Waals surface area contributed by atoms with Crippen molar-refractivity contribution in [3.63, 3.8) is 0 Å². The predicted molar refractivity (Wildman–Crippen MR) is 38.9 cm³/mol. The maximum Gasteiger partial charge on any atom is 0.0601 e. The van der Waals surface area contributed by atoms with Gasteiger partial charge in [0.1, 0.15) is 0 Å². The lowest BCUT2D eigenvalue weighted by Gasteiger charge is -2.33. The van der Waals surface area contributed by atoms with E-state index in [-0.39, 0.29) is 0 Å². The van der Waals surface area contributed by atoms with Crippen molar-refractivity contribution in [3.05, 3.63) is 0 Å².